The zero-order valence-corrected chi connectivity index (χ0v) is 8.57. The Labute approximate surface area is 92.4 Å². The number of hydrogen-bond donors (Lipinski definition) is 2. The van der Waals surface area contributed by atoms with Gasteiger partial charge in [-0.3, -0.25) is 0 Å². The van der Waals surface area contributed by atoms with Gasteiger partial charge in [-0.2, -0.15) is 0 Å². The van der Waals surface area contributed by atoms with Gasteiger partial charge in [0, 0.05) is 0 Å². The van der Waals surface area contributed by atoms with Gasteiger partial charge < -0.3 is 10.2 Å². The van der Waals surface area contributed by atoms with Crippen LogP contribution in [-0.4, -0.2) is 10.2 Å². The maximum absolute atomic E-state index is 9.26. The van der Waals surface area contributed by atoms with Crippen LogP contribution in [0.3, 0.4) is 0 Å². The molecule has 0 amide bonds. The first-order chi connectivity index (χ1) is 7.16. The van der Waals surface area contributed by atoms with E-state index in [0.717, 1.165) is 11.1 Å². The first-order valence-corrected chi connectivity index (χ1v) is 4.82. The highest BCUT2D eigenvalue weighted by atomic mass is 35.5. The molecule has 0 saturated heterocycles. The van der Waals surface area contributed by atoms with Crippen LogP contribution in [0.2, 0.25) is 5.02 Å². The highest BCUT2D eigenvalue weighted by molar-refractivity contribution is 6.32. The molecule has 0 aliphatic heterocycles. The second-order valence-electron chi connectivity index (χ2n) is 3.21. The van der Waals surface area contributed by atoms with Gasteiger partial charge in [0.2, 0.25) is 0 Å². The summed E-state index contributed by atoms with van der Waals surface area (Å²) in [6.45, 7) is 0. The van der Waals surface area contributed by atoms with Gasteiger partial charge in [0.25, 0.3) is 0 Å². The van der Waals surface area contributed by atoms with E-state index in [1.54, 1.807) is 42.5 Å². The third-order valence-electron chi connectivity index (χ3n) is 2.15. The Morgan fingerprint density at radius 3 is 2.00 bits per heavy atom. The number of aromatic hydroxyl groups is 2. The van der Waals surface area contributed by atoms with Gasteiger partial charge in [0.15, 0.2) is 0 Å². The molecule has 0 radical (unpaired) electrons. The average Bonchev–Trinajstić information content (AvgIpc) is 2.23. The number of phenols is 2. The Kier molecular flexibility index (Phi) is 2.52. The van der Waals surface area contributed by atoms with Crippen molar-refractivity contribution >= 4 is 11.6 Å². The molecule has 76 valence electrons. The third-order valence-corrected chi connectivity index (χ3v) is 2.45. The number of halogens is 1. The highest BCUT2D eigenvalue weighted by Gasteiger charge is 2.02. The SMILES string of the molecule is Oc1ccc(-c2ccc(O)c(Cl)c2)cc1. The standard InChI is InChI=1S/C12H9ClO2/c13-11-7-9(3-6-12(11)15)8-1-4-10(14)5-2-8/h1-7,14-15H. The topological polar surface area (TPSA) is 40.5 Å². The van der Waals surface area contributed by atoms with Crippen LogP contribution >= 0.6 is 11.6 Å². The van der Waals surface area contributed by atoms with Crippen LogP contribution in [0, 0.1) is 0 Å². The van der Waals surface area contributed by atoms with Crippen LogP contribution in [0.1, 0.15) is 0 Å². The molecular weight excluding hydrogens is 212 g/mol. The Bertz CT molecular complexity index is 477. The molecule has 0 bridgehead atoms. The van der Waals surface area contributed by atoms with Crippen LogP contribution in [-0.2, 0) is 0 Å². The molecule has 2 N–H and O–H groups in total. The molecule has 3 heteroatoms. The quantitative estimate of drug-likeness (QED) is 0.773. The van der Waals surface area contributed by atoms with Crippen molar-refractivity contribution in [3.8, 4) is 22.6 Å². The molecule has 2 aromatic rings. The van der Waals surface area contributed by atoms with Gasteiger partial charge in [-0.1, -0.05) is 29.8 Å². The van der Waals surface area contributed by atoms with E-state index in [-0.39, 0.29) is 11.5 Å². The smallest absolute Gasteiger partial charge is 0.134 e. The van der Waals surface area contributed by atoms with E-state index >= 15 is 0 Å². The van der Waals surface area contributed by atoms with Gasteiger partial charge in [-0.05, 0) is 35.4 Å². The first-order valence-electron chi connectivity index (χ1n) is 4.45. The van der Waals surface area contributed by atoms with E-state index < -0.39 is 0 Å². The molecule has 2 nitrogen and oxygen atoms in total. The fourth-order valence-electron chi connectivity index (χ4n) is 1.34. The summed E-state index contributed by atoms with van der Waals surface area (Å²) >= 11 is 5.80. The number of rotatable bonds is 1. The molecule has 0 unspecified atom stereocenters. The Hall–Kier alpha value is -1.67. The first kappa shape index (κ1) is 9.87. The molecule has 0 saturated carbocycles. The third kappa shape index (κ3) is 2.05. The molecule has 0 aliphatic carbocycles. The number of phenolic OH excluding ortho intramolecular Hbond substituents is 2. The number of hydrogen-bond acceptors (Lipinski definition) is 2. The van der Waals surface area contributed by atoms with Crippen molar-refractivity contribution in [1.82, 2.24) is 0 Å². The number of benzene rings is 2. The van der Waals surface area contributed by atoms with E-state index in [9.17, 15) is 5.11 Å². The van der Waals surface area contributed by atoms with E-state index in [1.165, 1.54) is 0 Å². The van der Waals surface area contributed by atoms with Crippen molar-refractivity contribution in [2.75, 3.05) is 0 Å². The summed E-state index contributed by atoms with van der Waals surface area (Å²) < 4.78 is 0. The predicted molar refractivity (Wildman–Crippen MR) is 60.2 cm³/mol. The second-order valence-corrected chi connectivity index (χ2v) is 3.62. The summed E-state index contributed by atoms with van der Waals surface area (Å²) in [5.74, 6) is 0.294. The lowest BCUT2D eigenvalue weighted by molar-refractivity contribution is 0.474. The average molecular weight is 221 g/mol. The molecule has 0 aliphatic rings. The summed E-state index contributed by atoms with van der Waals surface area (Å²) in [5.41, 5.74) is 1.84. The normalized spacial score (nSPS) is 10.2. The van der Waals surface area contributed by atoms with Crippen molar-refractivity contribution in [3.05, 3.63) is 47.5 Å². The highest BCUT2D eigenvalue weighted by Crippen LogP contribution is 2.29. The van der Waals surface area contributed by atoms with Crippen LogP contribution in [0.5, 0.6) is 11.5 Å². The van der Waals surface area contributed by atoms with Crippen molar-refractivity contribution in [1.29, 1.82) is 0 Å². The van der Waals surface area contributed by atoms with Crippen molar-refractivity contribution in [2.45, 2.75) is 0 Å². The largest absolute Gasteiger partial charge is 0.508 e. The molecule has 2 aromatic carbocycles. The minimum absolute atomic E-state index is 0.0687. The fourth-order valence-corrected chi connectivity index (χ4v) is 1.52. The second kappa shape index (κ2) is 3.83. The lowest BCUT2D eigenvalue weighted by atomic mass is 10.1. The van der Waals surface area contributed by atoms with E-state index in [0.29, 0.717) is 5.02 Å². The maximum Gasteiger partial charge on any atom is 0.134 e. The van der Waals surface area contributed by atoms with Crippen molar-refractivity contribution in [2.24, 2.45) is 0 Å². The van der Waals surface area contributed by atoms with E-state index in [4.69, 9.17) is 16.7 Å². The van der Waals surface area contributed by atoms with Crippen LogP contribution < -0.4 is 0 Å². The molecule has 2 rings (SSSR count). The summed E-state index contributed by atoms with van der Waals surface area (Å²) in [6.07, 6.45) is 0. The van der Waals surface area contributed by atoms with Gasteiger partial charge >= 0.3 is 0 Å². The molecule has 0 spiro atoms. The zero-order valence-electron chi connectivity index (χ0n) is 7.81. The minimum atomic E-state index is 0.0687. The molecule has 0 aromatic heterocycles. The lowest BCUT2D eigenvalue weighted by Crippen LogP contribution is -1.77. The summed E-state index contributed by atoms with van der Waals surface area (Å²) in [7, 11) is 0. The maximum atomic E-state index is 9.26. The minimum Gasteiger partial charge on any atom is -0.508 e. The van der Waals surface area contributed by atoms with Gasteiger partial charge in [0.05, 0.1) is 5.02 Å². The van der Waals surface area contributed by atoms with Crippen LogP contribution in [0.15, 0.2) is 42.5 Å². The molecule has 15 heavy (non-hydrogen) atoms. The van der Waals surface area contributed by atoms with E-state index in [2.05, 4.69) is 0 Å². The lowest BCUT2D eigenvalue weighted by Gasteiger charge is -2.03. The van der Waals surface area contributed by atoms with Crippen molar-refractivity contribution in [3.63, 3.8) is 0 Å². The summed E-state index contributed by atoms with van der Waals surface area (Å²) in [5, 5.41) is 18.7. The molecular formula is C12H9ClO2. The Morgan fingerprint density at radius 1 is 0.800 bits per heavy atom. The van der Waals surface area contributed by atoms with Gasteiger partial charge in [-0.25, -0.2) is 0 Å². The Morgan fingerprint density at radius 2 is 1.40 bits per heavy atom. The molecule has 0 atom stereocenters. The summed E-state index contributed by atoms with van der Waals surface area (Å²) in [4.78, 5) is 0. The van der Waals surface area contributed by atoms with Crippen LogP contribution in [0.4, 0.5) is 0 Å². The predicted octanol–water partition coefficient (Wildman–Crippen LogP) is 3.42. The zero-order chi connectivity index (χ0) is 10.8. The van der Waals surface area contributed by atoms with E-state index in [1.807, 2.05) is 0 Å². The monoisotopic (exact) mass is 220 g/mol. The summed E-state index contributed by atoms with van der Waals surface area (Å²) in [6, 6.07) is 11.8. The van der Waals surface area contributed by atoms with Crippen molar-refractivity contribution < 1.29 is 10.2 Å². The van der Waals surface area contributed by atoms with Gasteiger partial charge in [0.1, 0.15) is 11.5 Å². The molecule has 0 fully saturated rings. The fraction of sp³-hybridized carbons (Fsp3) is 0. The van der Waals surface area contributed by atoms with Crippen LogP contribution in [0.25, 0.3) is 11.1 Å². The van der Waals surface area contributed by atoms with Gasteiger partial charge in [-0.15, -0.1) is 0 Å². The molecule has 0 heterocycles. The Balaban J connectivity index is 2.45.